The normalized spacial score (nSPS) is 10.8. The van der Waals surface area contributed by atoms with E-state index < -0.39 is 0 Å². The largest absolute Gasteiger partial charge is 0.367 e. The number of aryl methyl sites for hydroxylation is 1. The second-order valence-corrected chi connectivity index (χ2v) is 5.68. The predicted octanol–water partition coefficient (Wildman–Crippen LogP) is 4.80. The monoisotopic (exact) mass is 346 g/mol. The first kappa shape index (κ1) is 13.8. The van der Waals surface area contributed by atoms with Gasteiger partial charge >= 0.3 is 0 Å². The molecule has 0 saturated carbocycles. The average Bonchev–Trinajstić information content (AvgIpc) is 2.84. The topological polar surface area (TPSA) is 52.0 Å². The minimum atomic E-state index is -0.375. The van der Waals surface area contributed by atoms with E-state index in [9.17, 15) is 4.39 Å². The van der Waals surface area contributed by atoms with Crippen molar-refractivity contribution in [3.8, 4) is 22.4 Å². The molecule has 3 rings (SSSR count). The van der Waals surface area contributed by atoms with Gasteiger partial charge in [0.1, 0.15) is 11.5 Å². The molecule has 1 aromatic heterocycles. The molecule has 0 aliphatic rings. The van der Waals surface area contributed by atoms with Crippen LogP contribution in [-0.2, 0) is 0 Å². The molecule has 0 fully saturated rings. The molecule has 3 aromatic rings. The summed E-state index contributed by atoms with van der Waals surface area (Å²) >= 11 is 3.33. The van der Waals surface area contributed by atoms with Crippen LogP contribution in [-0.4, -0.2) is 5.16 Å². The van der Waals surface area contributed by atoms with Gasteiger partial charge in [-0.05, 0) is 30.7 Å². The Morgan fingerprint density at radius 1 is 1.14 bits per heavy atom. The molecule has 5 heteroatoms. The van der Waals surface area contributed by atoms with E-state index in [0.717, 1.165) is 15.6 Å². The Hall–Kier alpha value is -2.14. The van der Waals surface area contributed by atoms with Crippen molar-refractivity contribution in [3.63, 3.8) is 0 Å². The van der Waals surface area contributed by atoms with Crippen molar-refractivity contribution < 1.29 is 8.91 Å². The molecule has 0 amide bonds. The third-order valence-corrected chi connectivity index (χ3v) is 3.74. The van der Waals surface area contributed by atoms with E-state index in [-0.39, 0.29) is 11.7 Å². The highest BCUT2D eigenvalue weighted by Gasteiger charge is 2.20. The summed E-state index contributed by atoms with van der Waals surface area (Å²) in [4.78, 5) is 0. The van der Waals surface area contributed by atoms with E-state index in [0.29, 0.717) is 16.8 Å². The molecule has 2 N–H and O–H groups in total. The molecular weight excluding hydrogens is 335 g/mol. The van der Waals surface area contributed by atoms with Gasteiger partial charge in [-0.2, -0.15) is 0 Å². The van der Waals surface area contributed by atoms with Crippen LogP contribution in [0, 0.1) is 12.7 Å². The van der Waals surface area contributed by atoms with Crippen molar-refractivity contribution in [2.75, 3.05) is 5.73 Å². The van der Waals surface area contributed by atoms with E-state index in [1.54, 1.807) is 12.1 Å². The lowest BCUT2D eigenvalue weighted by Gasteiger charge is -2.05. The Labute approximate surface area is 129 Å². The number of aromatic nitrogens is 1. The van der Waals surface area contributed by atoms with Crippen molar-refractivity contribution in [2.45, 2.75) is 6.92 Å². The molecule has 0 aliphatic heterocycles. The van der Waals surface area contributed by atoms with Crippen LogP contribution in [0.25, 0.3) is 22.4 Å². The zero-order chi connectivity index (χ0) is 15.0. The molecule has 2 aromatic carbocycles. The van der Waals surface area contributed by atoms with Crippen LogP contribution < -0.4 is 5.73 Å². The third kappa shape index (κ3) is 2.56. The maximum absolute atomic E-state index is 14.1. The molecule has 21 heavy (non-hydrogen) atoms. The maximum atomic E-state index is 14.1. The van der Waals surface area contributed by atoms with E-state index >= 15 is 0 Å². The molecule has 3 nitrogen and oxygen atoms in total. The molecule has 0 atom stereocenters. The van der Waals surface area contributed by atoms with Gasteiger partial charge in [-0.1, -0.05) is 50.9 Å². The van der Waals surface area contributed by atoms with E-state index in [4.69, 9.17) is 10.3 Å². The Morgan fingerprint density at radius 2 is 1.86 bits per heavy atom. The first-order valence-corrected chi connectivity index (χ1v) is 7.13. The number of nitrogens with zero attached hydrogens (tertiary/aromatic N) is 1. The van der Waals surface area contributed by atoms with Crippen molar-refractivity contribution in [1.29, 1.82) is 0 Å². The van der Waals surface area contributed by atoms with Crippen LogP contribution in [0.3, 0.4) is 0 Å². The first-order valence-electron chi connectivity index (χ1n) is 6.34. The molecule has 0 spiro atoms. The fourth-order valence-electron chi connectivity index (χ4n) is 2.16. The van der Waals surface area contributed by atoms with Crippen LogP contribution in [0.1, 0.15) is 5.56 Å². The molecule has 0 saturated heterocycles. The Morgan fingerprint density at radius 3 is 2.57 bits per heavy atom. The Balaban J connectivity index is 2.21. The zero-order valence-corrected chi connectivity index (χ0v) is 12.8. The van der Waals surface area contributed by atoms with Gasteiger partial charge in [-0.25, -0.2) is 4.39 Å². The first-order chi connectivity index (χ1) is 10.1. The summed E-state index contributed by atoms with van der Waals surface area (Å²) < 4.78 is 19.9. The summed E-state index contributed by atoms with van der Waals surface area (Å²) in [6.45, 7) is 2.00. The van der Waals surface area contributed by atoms with Crippen molar-refractivity contribution in [1.82, 2.24) is 5.16 Å². The number of nitrogen functional groups attached to an aromatic ring is 1. The van der Waals surface area contributed by atoms with Gasteiger partial charge in [0.05, 0.1) is 5.56 Å². The highest BCUT2D eigenvalue weighted by Crippen LogP contribution is 2.38. The molecule has 0 unspecified atom stereocenters. The average molecular weight is 347 g/mol. The van der Waals surface area contributed by atoms with Crippen LogP contribution in [0.15, 0.2) is 51.5 Å². The number of halogens is 2. The summed E-state index contributed by atoms with van der Waals surface area (Å²) in [6, 6.07) is 12.4. The minimum Gasteiger partial charge on any atom is -0.367 e. The standard InChI is InChI=1S/C16H12BrFN2O/c1-9-2-4-10(5-3-9)14-15(20-21-16(14)19)12-8-11(17)6-7-13(12)18/h2-8H,19H2,1H3. The number of benzene rings is 2. The number of nitrogens with two attached hydrogens (primary N) is 1. The number of rotatable bonds is 2. The summed E-state index contributed by atoms with van der Waals surface area (Å²) in [5.41, 5.74) is 9.19. The smallest absolute Gasteiger partial charge is 0.230 e. The van der Waals surface area contributed by atoms with Gasteiger partial charge in [0.2, 0.25) is 5.88 Å². The van der Waals surface area contributed by atoms with Crippen LogP contribution in [0.2, 0.25) is 0 Å². The molecule has 106 valence electrons. The molecule has 0 bridgehead atoms. The fourth-order valence-corrected chi connectivity index (χ4v) is 2.53. The minimum absolute atomic E-state index is 0.174. The van der Waals surface area contributed by atoms with Gasteiger partial charge in [0.25, 0.3) is 0 Å². The summed E-state index contributed by atoms with van der Waals surface area (Å²) in [6.07, 6.45) is 0. The fraction of sp³-hybridized carbons (Fsp3) is 0.0625. The quantitative estimate of drug-likeness (QED) is 0.724. The summed E-state index contributed by atoms with van der Waals surface area (Å²) in [5.74, 6) is -0.201. The molecule has 0 radical (unpaired) electrons. The highest BCUT2D eigenvalue weighted by molar-refractivity contribution is 9.10. The van der Waals surface area contributed by atoms with Gasteiger partial charge in [0.15, 0.2) is 0 Å². The lowest BCUT2D eigenvalue weighted by molar-refractivity contribution is 0.439. The van der Waals surface area contributed by atoms with E-state index in [1.165, 1.54) is 6.07 Å². The van der Waals surface area contributed by atoms with Crippen molar-refractivity contribution in [3.05, 3.63) is 58.3 Å². The van der Waals surface area contributed by atoms with Crippen LogP contribution >= 0.6 is 15.9 Å². The number of hydrogen-bond donors (Lipinski definition) is 1. The second-order valence-electron chi connectivity index (χ2n) is 4.76. The Kier molecular flexibility index (Phi) is 3.51. The highest BCUT2D eigenvalue weighted by atomic mass is 79.9. The summed E-state index contributed by atoms with van der Waals surface area (Å²) in [7, 11) is 0. The van der Waals surface area contributed by atoms with Gasteiger partial charge in [-0.15, -0.1) is 0 Å². The van der Waals surface area contributed by atoms with Crippen LogP contribution in [0.4, 0.5) is 10.3 Å². The molecule has 1 heterocycles. The molecular formula is C16H12BrFN2O. The Bertz CT molecular complexity index is 797. The number of anilines is 1. The van der Waals surface area contributed by atoms with Crippen molar-refractivity contribution >= 4 is 21.8 Å². The van der Waals surface area contributed by atoms with E-state index in [2.05, 4.69) is 21.1 Å². The molecule has 0 aliphatic carbocycles. The zero-order valence-electron chi connectivity index (χ0n) is 11.2. The lowest BCUT2D eigenvalue weighted by Crippen LogP contribution is -1.90. The second kappa shape index (κ2) is 5.33. The maximum Gasteiger partial charge on any atom is 0.230 e. The number of hydrogen-bond acceptors (Lipinski definition) is 3. The third-order valence-electron chi connectivity index (χ3n) is 3.24. The summed E-state index contributed by atoms with van der Waals surface area (Å²) in [5, 5.41) is 3.93. The van der Waals surface area contributed by atoms with Crippen molar-refractivity contribution in [2.24, 2.45) is 0 Å². The van der Waals surface area contributed by atoms with Gasteiger partial charge < -0.3 is 10.3 Å². The van der Waals surface area contributed by atoms with Gasteiger partial charge in [0, 0.05) is 10.0 Å². The van der Waals surface area contributed by atoms with Gasteiger partial charge in [-0.3, -0.25) is 0 Å². The lowest BCUT2D eigenvalue weighted by atomic mass is 10.00. The predicted molar refractivity (Wildman–Crippen MR) is 84.2 cm³/mol. The van der Waals surface area contributed by atoms with E-state index in [1.807, 2.05) is 31.2 Å². The SMILES string of the molecule is Cc1ccc(-c2c(-c3cc(Br)ccc3F)noc2N)cc1. The van der Waals surface area contributed by atoms with Crippen LogP contribution in [0.5, 0.6) is 0 Å².